The number of hydrogen-bond donors (Lipinski definition) is 1. The molecule has 5 heterocycles. The molecule has 0 amide bonds. The van der Waals surface area contributed by atoms with E-state index < -0.39 is 0 Å². The SMILES string of the molecule is COc1cnc(-c2ccc(-c3ccc(N(C)C4C[C@H]5CC[C@@H](C4)N5)nn3)nc2OC)cn1. The second-order valence-electron chi connectivity index (χ2n) is 8.35. The van der Waals surface area contributed by atoms with Crippen molar-refractivity contribution in [3.8, 4) is 34.4 Å². The van der Waals surface area contributed by atoms with E-state index in [9.17, 15) is 0 Å². The Hall–Kier alpha value is -3.33. The first-order valence-electron chi connectivity index (χ1n) is 10.9. The van der Waals surface area contributed by atoms with Gasteiger partial charge in [-0.3, -0.25) is 0 Å². The summed E-state index contributed by atoms with van der Waals surface area (Å²) in [6.45, 7) is 0. The Kier molecular flexibility index (Phi) is 5.57. The number of piperidine rings is 1. The normalized spacial score (nSPS) is 21.9. The lowest BCUT2D eigenvalue weighted by Crippen LogP contribution is -2.47. The molecule has 0 spiro atoms. The van der Waals surface area contributed by atoms with Gasteiger partial charge in [0.15, 0.2) is 5.82 Å². The van der Waals surface area contributed by atoms with Crippen LogP contribution < -0.4 is 19.7 Å². The van der Waals surface area contributed by atoms with Gasteiger partial charge in [0.05, 0.1) is 43.6 Å². The van der Waals surface area contributed by atoms with E-state index in [0.717, 1.165) is 24.2 Å². The Balaban J connectivity index is 1.35. The molecule has 1 unspecified atom stereocenters. The van der Waals surface area contributed by atoms with E-state index in [1.54, 1.807) is 26.6 Å². The number of aromatic nitrogens is 5. The van der Waals surface area contributed by atoms with Crippen LogP contribution in [0.25, 0.3) is 22.6 Å². The van der Waals surface area contributed by atoms with E-state index in [4.69, 9.17) is 9.47 Å². The van der Waals surface area contributed by atoms with Crippen molar-refractivity contribution in [3.63, 3.8) is 0 Å². The van der Waals surface area contributed by atoms with Crippen molar-refractivity contribution in [2.24, 2.45) is 0 Å². The molecule has 2 saturated heterocycles. The number of fused-ring (bicyclic) bond motifs is 2. The lowest BCUT2D eigenvalue weighted by Gasteiger charge is -2.36. The summed E-state index contributed by atoms with van der Waals surface area (Å²) >= 11 is 0. The number of pyridine rings is 1. The molecule has 32 heavy (non-hydrogen) atoms. The Morgan fingerprint density at radius 1 is 0.875 bits per heavy atom. The van der Waals surface area contributed by atoms with E-state index in [1.165, 1.54) is 12.8 Å². The number of anilines is 1. The first-order chi connectivity index (χ1) is 15.6. The summed E-state index contributed by atoms with van der Waals surface area (Å²) in [5, 5.41) is 12.6. The van der Waals surface area contributed by atoms with Crippen molar-refractivity contribution in [2.75, 3.05) is 26.2 Å². The number of rotatable bonds is 6. The lowest BCUT2D eigenvalue weighted by atomic mass is 9.98. The maximum Gasteiger partial charge on any atom is 0.232 e. The van der Waals surface area contributed by atoms with Gasteiger partial charge in [0.25, 0.3) is 0 Å². The van der Waals surface area contributed by atoms with Crippen molar-refractivity contribution in [1.82, 2.24) is 30.5 Å². The minimum atomic E-state index is 0.453. The van der Waals surface area contributed by atoms with Crippen molar-refractivity contribution in [2.45, 2.75) is 43.8 Å². The highest BCUT2D eigenvalue weighted by molar-refractivity contribution is 5.68. The first kappa shape index (κ1) is 20.6. The fraction of sp³-hybridized carbons (Fsp3) is 0.435. The fourth-order valence-electron chi connectivity index (χ4n) is 4.67. The minimum absolute atomic E-state index is 0.453. The summed E-state index contributed by atoms with van der Waals surface area (Å²) in [6.07, 6.45) is 8.08. The second kappa shape index (κ2) is 8.66. The zero-order valence-electron chi connectivity index (χ0n) is 18.5. The summed E-state index contributed by atoms with van der Waals surface area (Å²) in [6, 6.07) is 9.55. The van der Waals surface area contributed by atoms with Crippen LogP contribution in [0.2, 0.25) is 0 Å². The molecule has 166 valence electrons. The molecule has 0 aliphatic carbocycles. The molecule has 2 aliphatic rings. The van der Waals surface area contributed by atoms with Crippen LogP contribution in [-0.4, -0.2) is 64.5 Å². The number of methoxy groups -OCH3 is 2. The monoisotopic (exact) mass is 433 g/mol. The van der Waals surface area contributed by atoms with Gasteiger partial charge in [-0.05, 0) is 49.9 Å². The van der Waals surface area contributed by atoms with Crippen LogP contribution in [0.15, 0.2) is 36.7 Å². The summed E-state index contributed by atoms with van der Waals surface area (Å²) < 4.78 is 10.6. The number of nitrogens with one attached hydrogen (secondary N) is 1. The molecule has 1 N–H and O–H groups in total. The maximum atomic E-state index is 5.51. The molecule has 9 nitrogen and oxygen atoms in total. The van der Waals surface area contributed by atoms with E-state index in [1.807, 2.05) is 24.3 Å². The van der Waals surface area contributed by atoms with Crippen LogP contribution in [0.3, 0.4) is 0 Å². The van der Waals surface area contributed by atoms with Crippen molar-refractivity contribution in [3.05, 3.63) is 36.7 Å². The Bertz CT molecular complexity index is 1060. The molecule has 0 aromatic carbocycles. The zero-order chi connectivity index (χ0) is 22.1. The van der Waals surface area contributed by atoms with Gasteiger partial charge in [-0.1, -0.05) is 0 Å². The third-order valence-electron chi connectivity index (χ3n) is 6.44. The van der Waals surface area contributed by atoms with Gasteiger partial charge in [-0.25, -0.2) is 15.0 Å². The molecule has 0 saturated carbocycles. The average Bonchev–Trinajstić information content (AvgIpc) is 3.20. The van der Waals surface area contributed by atoms with Gasteiger partial charge in [0.1, 0.15) is 5.69 Å². The Labute approximate surface area is 187 Å². The molecule has 3 aromatic rings. The molecule has 9 heteroatoms. The van der Waals surface area contributed by atoms with E-state index in [-0.39, 0.29) is 0 Å². The quantitative estimate of drug-likeness (QED) is 0.629. The van der Waals surface area contributed by atoms with Gasteiger partial charge in [-0.2, -0.15) is 0 Å². The molecule has 3 atom stereocenters. The van der Waals surface area contributed by atoms with E-state index in [2.05, 4.69) is 42.4 Å². The first-order valence-corrected chi connectivity index (χ1v) is 10.9. The molecule has 2 bridgehead atoms. The highest BCUT2D eigenvalue weighted by atomic mass is 16.5. The average molecular weight is 434 g/mol. The van der Waals surface area contributed by atoms with E-state index in [0.29, 0.717) is 47.0 Å². The molecule has 0 radical (unpaired) electrons. The Morgan fingerprint density at radius 2 is 1.66 bits per heavy atom. The van der Waals surface area contributed by atoms with Crippen LogP contribution in [0.4, 0.5) is 5.82 Å². The predicted molar refractivity (Wildman–Crippen MR) is 121 cm³/mol. The van der Waals surface area contributed by atoms with Crippen LogP contribution in [0.5, 0.6) is 11.8 Å². The van der Waals surface area contributed by atoms with Crippen molar-refractivity contribution >= 4 is 5.82 Å². The maximum absolute atomic E-state index is 5.51. The number of nitrogens with zero attached hydrogens (tertiary/aromatic N) is 6. The zero-order valence-corrected chi connectivity index (χ0v) is 18.5. The van der Waals surface area contributed by atoms with E-state index >= 15 is 0 Å². The molecular weight excluding hydrogens is 406 g/mol. The summed E-state index contributed by atoms with van der Waals surface area (Å²) in [5.41, 5.74) is 2.78. The third-order valence-corrected chi connectivity index (χ3v) is 6.44. The second-order valence-corrected chi connectivity index (χ2v) is 8.35. The molecule has 3 aromatic heterocycles. The third kappa shape index (κ3) is 3.95. The highest BCUT2D eigenvalue weighted by Crippen LogP contribution is 2.32. The van der Waals surface area contributed by atoms with Gasteiger partial charge in [0, 0.05) is 25.2 Å². The molecular formula is C23H27N7O2. The largest absolute Gasteiger partial charge is 0.480 e. The molecule has 5 rings (SSSR count). The van der Waals surface area contributed by atoms with Gasteiger partial charge < -0.3 is 19.7 Å². The predicted octanol–water partition coefficient (Wildman–Crippen LogP) is 2.73. The van der Waals surface area contributed by atoms with Crippen LogP contribution in [-0.2, 0) is 0 Å². The summed E-state index contributed by atoms with van der Waals surface area (Å²) in [7, 11) is 5.26. The van der Waals surface area contributed by atoms with Crippen LogP contribution in [0, 0.1) is 0 Å². The van der Waals surface area contributed by atoms with Crippen molar-refractivity contribution in [1.29, 1.82) is 0 Å². The van der Waals surface area contributed by atoms with Gasteiger partial charge >= 0.3 is 0 Å². The highest BCUT2D eigenvalue weighted by Gasteiger charge is 2.35. The Morgan fingerprint density at radius 3 is 2.28 bits per heavy atom. The minimum Gasteiger partial charge on any atom is -0.480 e. The van der Waals surface area contributed by atoms with Crippen molar-refractivity contribution < 1.29 is 9.47 Å². The number of hydrogen-bond acceptors (Lipinski definition) is 9. The fourth-order valence-corrected chi connectivity index (χ4v) is 4.67. The van der Waals surface area contributed by atoms with Crippen LogP contribution in [0.1, 0.15) is 25.7 Å². The molecule has 2 aliphatic heterocycles. The lowest BCUT2D eigenvalue weighted by molar-refractivity contribution is 0.353. The van der Waals surface area contributed by atoms with Gasteiger partial charge in [-0.15, -0.1) is 10.2 Å². The summed E-state index contributed by atoms with van der Waals surface area (Å²) in [5.74, 6) is 1.79. The standard InChI is InChI=1S/C23H27N7O2/c1-30(16-10-14-4-5-15(11-16)26-14)21-9-8-19(28-29-21)18-7-6-17(23(27-18)32-3)20-12-25-22(31-2)13-24-20/h6-9,12-16,26H,4-5,10-11H2,1-3H3/t14-,15+,16?. The number of ether oxygens (including phenoxy) is 2. The summed E-state index contributed by atoms with van der Waals surface area (Å²) in [4.78, 5) is 15.5. The smallest absolute Gasteiger partial charge is 0.232 e. The molecule has 2 fully saturated rings. The topological polar surface area (TPSA) is 98.2 Å². The van der Waals surface area contributed by atoms with Crippen LogP contribution >= 0.6 is 0 Å². The van der Waals surface area contributed by atoms with Gasteiger partial charge in [0.2, 0.25) is 11.8 Å².